The number of hydrogen-bond donors (Lipinski definition) is 3. The first-order chi connectivity index (χ1) is 5.79. The van der Waals surface area contributed by atoms with Gasteiger partial charge < -0.3 is 11.1 Å². The second-order valence-electron chi connectivity index (χ2n) is 2.74. The second kappa shape index (κ2) is 3.68. The molecule has 0 aromatic heterocycles. The van der Waals surface area contributed by atoms with Crippen LogP contribution in [0.3, 0.4) is 0 Å². The number of nitrogens with one attached hydrogen (secondary N) is 2. The van der Waals surface area contributed by atoms with Crippen molar-refractivity contribution in [1.82, 2.24) is 15.8 Å². The van der Waals surface area contributed by atoms with Crippen molar-refractivity contribution in [3.05, 3.63) is 24.3 Å². The summed E-state index contributed by atoms with van der Waals surface area (Å²) in [4.78, 5) is 10.9. The summed E-state index contributed by atoms with van der Waals surface area (Å²) in [7, 11) is 0. The fourth-order valence-corrected chi connectivity index (χ4v) is 1.36. The normalized spacial score (nSPS) is 24.2. The van der Waals surface area contributed by atoms with E-state index in [-0.39, 0.29) is 24.2 Å². The third kappa shape index (κ3) is 1.61. The molecule has 2 heterocycles. The minimum Gasteiger partial charge on any atom is -0.369 e. The molecule has 1 saturated heterocycles. The maximum Gasteiger partial charge on any atom is 0.227 e. The van der Waals surface area contributed by atoms with Crippen molar-refractivity contribution >= 4 is 18.3 Å². The number of hydrazine groups is 1. The number of nitrogens with zero attached hydrogens (tertiary/aromatic N) is 1. The molecule has 1 atom stereocenters. The fourth-order valence-electron chi connectivity index (χ4n) is 1.36. The van der Waals surface area contributed by atoms with E-state index in [1.165, 1.54) is 0 Å². The van der Waals surface area contributed by atoms with Gasteiger partial charge >= 0.3 is 0 Å². The van der Waals surface area contributed by atoms with Gasteiger partial charge in [-0.2, -0.15) is 0 Å². The Bertz CT molecular complexity index is 276. The maximum atomic E-state index is 10.9. The van der Waals surface area contributed by atoms with Crippen molar-refractivity contribution in [2.45, 2.75) is 0 Å². The minimum absolute atomic E-state index is 0. The molecule has 5 nitrogen and oxygen atoms in total. The van der Waals surface area contributed by atoms with Gasteiger partial charge in [0.15, 0.2) is 0 Å². The lowest BCUT2D eigenvalue weighted by molar-refractivity contribution is -0.120. The van der Waals surface area contributed by atoms with Crippen LogP contribution >= 0.6 is 12.4 Å². The van der Waals surface area contributed by atoms with E-state index in [9.17, 15) is 4.79 Å². The van der Waals surface area contributed by atoms with Crippen LogP contribution in [0.4, 0.5) is 0 Å². The van der Waals surface area contributed by atoms with E-state index in [0.29, 0.717) is 6.54 Å². The number of hydrogen-bond acceptors (Lipinski definition) is 4. The third-order valence-corrected chi connectivity index (χ3v) is 2.00. The third-order valence-electron chi connectivity index (χ3n) is 2.00. The van der Waals surface area contributed by atoms with E-state index >= 15 is 0 Å². The van der Waals surface area contributed by atoms with E-state index in [1.54, 1.807) is 17.4 Å². The van der Waals surface area contributed by atoms with Crippen LogP contribution in [0, 0.1) is 5.92 Å². The molecule has 0 spiro atoms. The van der Waals surface area contributed by atoms with Gasteiger partial charge in [-0.1, -0.05) is 0 Å². The van der Waals surface area contributed by atoms with Crippen molar-refractivity contribution in [1.29, 1.82) is 0 Å². The van der Waals surface area contributed by atoms with Crippen LogP contribution in [-0.4, -0.2) is 17.5 Å². The Morgan fingerprint density at radius 3 is 3.15 bits per heavy atom. The molecular weight excluding hydrogens is 192 g/mol. The molecular formula is C7H11ClN4O. The van der Waals surface area contributed by atoms with Gasteiger partial charge in [-0.15, -0.1) is 12.4 Å². The van der Waals surface area contributed by atoms with Crippen LogP contribution in [-0.2, 0) is 4.79 Å². The Balaban J connectivity index is 0.000000845. The van der Waals surface area contributed by atoms with Crippen molar-refractivity contribution in [3.63, 3.8) is 0 Å². The van der Waals surface area contributed by atoms with Crippen LogP contribution in [0.25, 0.3) is 0 Å². The monoisotopic (exact) mass is 202 g/mol. The standard InChI is InChI=1S/C7H10N4O.ClH/c8-7(12)5-3-10-11-2-1-9-4-6(5)11;/h1-2,4-5,9-10H,3H2,(H2,8,12);1H. The topological polar surface area (TPSA) is 70.4 Å². The number of primary amides is 1. The Labute approximate surface area is 82.0 Å². The van der Waals surface area contributed by atoms with Gasteiger partial charge in [-0.3, -0.25) is 9.80 Å². The summed E-state index contributed by atoms with van der Waals surface area (Å²) in [6.45, 7) is 0.577. The van der Waals surface area contributed by atoms with Crippen LogP contribution in [0.2, 0.25) is 0 Å². The summed E-state index contributed by atoms with van der Waals surface area (Å²) in [5.74, 6) is -0.518. The molecule has 2 aliphatic heterocycles. The summed E-state index contributed by atoms with van der Waals surface area (Å²) in [5.41, 5.74) is 9.11. The van der Waals surface area contributed by atoms with Crippen LogP contribution in [0.1, 0.15) is 0 Å². The van der Waals surface area contributed by atoms with Gasteiger partial charge in [0.2, 0.25) is 5.91 Å². The molecule has 0 aromatic carbocycles. The molecule has 2 rings (SSSR count). The van der Waals surface area contributed by atoms with Gasteiger partial charge in [0.25, 0.3) is 0 Å². The van der Waals surface area contributed by atoms with E-state index in [4.69, 9.17) is 5.73 Å². The molecule has 13 heavy (non-hydrogen) atoms. The lowest BCUT2D eigenvalue weighted by Gasteiger charge is -2.19. The van der Waals surface area contributed by atoms with E-state index < -0.39 is 0 Å². The highest BCUT2D eigenvalue weighted by Gasteiger charge is 2.31. The molecule has 0 radical (unpaired) electrons. The van der Waals surface area contributed by atoms with Crippen LogP contribution in [0.15, 0.2) is 24.3 Å². The Kier molecular flexibility index (Phi) is 2.79. The number of halogens is 1. The van der Waals surface area contributed by atoms with Crippen molar-refractivity contribution in [2.75, 3.05) is 6.54 Å². The molecule has 6 heteroatoms. The van der Waals surface area contributed by atoms with Crippen LogP contribution < -0.4 is 16.5 Å². The summed E-state index contributed by atoms with van der Waals surface area (Å²) in [5, 5.41) is 4.71. The summed E-state index contributed by atoms with van der Waals surface area (Å²) in [6, 6.07) is 0. The lowest BCUT2D eigenvalue weighted by atomic mass is 10.1. The average Bonchev–Trinajstić information content (AvgIpc) is 2.47. The smallest absolute Gasteiger partial charge is 0.227 e. The van der Waals surface area contributed by atoms with Crippen molar-refractivity contribution in [2.24, 2.45) is 11.7 Å². The van der Waals surface area contributed by atoms with Crippen molar-refractivity contribution in [3.8, 4) is 0 Å². The van der Waals surface area contributed by atoms with E-state index in [2.05, 4.69) is 10.7 Å². The first-order valence-corrected chi connectivity index (χ1v) is 3.74. The largest absolute Gasteiger partial charge is 0.369 e. The number of rotatable bonds is 1. The molecule has 0 saturated carbocycles. The number of amides is 1. The second-order valence-corrected chi connectivity index (χ2v) is 2.74. The highest BCUT2D eigenvalue weighted by molar-refractivity contribution is 5.85. The van der Waals surface area contributed by atoms with Gasteiger partial charge in [0.1, 0.15) is 0 Å². The number of carbonyl (C=O) groups is 1. The Hall–Kier alpha value is -1.20. The zero-order valence-electron chi connectivity index (χ0n) is 6.86. The summed E-state index contributed by atoms with van der Waals surface area (Å²) >= 11 is 0. The van der Waals surface area contributed by atoms with Crippen molar-refractivity contribution < 1.29 is 4.79 Å². The van der Waals surface area contributed by atoms with Gasteiger partial charge in [-0.05, 0) is 0 Å². The molecule has 1 amide bonds. The minimum atomic E-state index is -0.298. The average molecular weight is 203 g/mol. The first-order valence-electron chi connectivity index (χ1n) is 3.74. The van der Waals surface area contributed by atoms with E-state index in [1.807, 2.05) is 6.20 Å². The van der Waals surface area contributed by atoms with Gasteiger partial charge in [-0.25, -0.2) is 5.43 Å². The van der Waals surface area contributed by atoms with Gasteiger partial charge in [0, 0.05) is 25.1 Å². The van der Waals surface area contributed by atoms with E-state index in [0.717, 1.165) is 5.70 Å². The molecule has 0 aliphatic carbocycles. The zero-order chi connectivity index (χ0) is 8.55. The maximum absolute atomic E-state index is 10.9. The first kappa shape index (κ1) is 9.88. The highest BCUT2D eigenvalue weighted by atomic mass is 35.5. The zero-order valence-corrected chi connectivity index (χ0v) is 7.67. The molecule has 4 N–H and O–H groups in total. The number of nitrogens with two attached hydrogens (primary N) is 1. The molecule has 0 aromatic rings. The molecule has 1 unspecified atom stereocenters. The molecule has 0 bridgehead atoms. The summed E-state index contributed by atoms with van der Waals surface area (Å²) < 4.78 is 0. The lowest BCUT2D eigenvalue weighted by Crippen LogP contribution is -2.28. The molecule has 1 fully saturated rings. The number of fused-ring (bicyclic) bond motifs is 1. The van der Waals surface area contributed by atoms with Gasteiger partial charge in [0.05, 0.1) is 11.6 Å². The predicted octanol–water partition coefficient (Wildman–Crippen LogP) is -0.754. The molecule has 72 valence electrons. The fraction of sp³-hybridized carbons (Fsp3) is 0.286. The number of carbonyl (C=O) groups excluding carboxylic acids is 1. The quantitative estimate of drug-likeness (QED) is 0.523. The summed E-state index contributed by atoms with van der Waals surface area (Å²) in [6.07, 6.45) is 5.37. The SMILES string of the molecule is Cl.NC(=O)C1CNN2C=CNC=C12. The predicted molar refractivity (Wildman–Crippen MR) is 50.1 cm³/mol. The Morgan fingerprint density at radius 1 is 1.69 bits per heavy atom. The highest BCUT2D eigenvalue weighted by Crippen LogP contribution is 2.21. The van der Waals surface area contributed by atoms with Crippen LogP contribution in [0.5, 0.6) is 0 Å². The molecule has 2 aliphatic rings. The Morgan fingerprint density at radius 2 is 2.46 bits per heavy atom.